The van der Waals surface area contributed by atoms with Gasteiger partial charge in [-0.2, -0.15) is 0 Å². The zero-order chi connectivity index (χ0) is 47.5. The van der Waals surface area contributed by atoms with E-state index in [2.05, 4.69) is 181 Å². The van der Waals surface area contributed by atoms with Crippen LogP contribution in [0.15, 0.2) is 126 Å². The van der Waals surface area contributed by atoms with Crippen molar-refractivity contribution >= 4 is 57.3 Å². The van der Waals surface area contributed by atoms with E-state index in [9.17, 15) is 0 Å². The van der Waals surface area contributed by atoms with E-state index in [0.29, 0.717) is 5.71 Å². The minimum absolute atomic E-state index is 0. The molecule has 10 aromatic rings. The maximum Gasteiger partial charge on any atom is 0.216 e. The molecule has 1 aliphatic carbocycles. The molecule has 0 atom stereocenters. The molecule has 0 bridgehead atoms. The Balaban J connectivity index is 0.000000217. The molecule has 5 aromatic carbocycles. The number of imidazole rings is 1. The van der Waals surface area contributed by atoms with Crippen molar-refractivity contribution in [3.8, 4) is 39.6 Å². The predicted octanol–water partition coefficient (Wildman–Crippen LogP) is 15.4. The number of aryl methyl sites for hydroxylation is 4. The van der Waals surface area contributed by atoms with Gasteiger partial charge in [0, 0.05) is 54.0 Å². The van der Waals surface area contributed by atoms with Gasteiger partial charge in [-0.3, -0.25) is 9.97 Å². The first-order chi connectivity index (χ1) is 32.6. The molecule has 0 unspecified atom stereocenters. The van der Waals surface area contributed by atoms with Gasteiger partial charge in [-0.05, 0) is 102 Å². The van der Waals surface area contributed by atoms with Gasteiger partial charge in [0.05, 0.1) is 41.7 Å². The van der Waals surface area contributed by atoms with Crippen LogP contribution >= 0.6 is 0 Å². The summed E-state index contributed by atoms with van der Waals surface area (Å²) in [5.74, 6) is 1.64. The Kier molecular flexibility index (Phi) is 13.2. The Morgan fingerprint density at radius 1 is 0.754 bits per heavy atom. The number of benzene rings is 5. The first-order valence-corrected chi connectivity index (χ1v) is 27.8. The van der Waals surface area contributed by atoms with Crippen LogP contribution in [0.1, 0.15) is 80.0 Å². The fraction of sp³-hybridized carbons (Fsp3) is 0.279. The number of aromatic nitrogens is 5. The van der Waals surface area contributed by atoms with Crippen molar-refractivity contribution in [3.05, 3.63) is 167 Å². The Bertz CT molecular complexity index is 3480. The maximum absolute atomic E-state index is 6.71. The van der Waals surface area contributed by atoms with E-state index in [1.54, 1.807) is 10.8 Å². The molecule has 5 heterocycles. The minimum Gasteiger partial charge on any atom is -0.486 e. The normalized spacial score (nSPS) is 13.3. The van der Waals surface area contributed by atoms with Crippen LogP contribution in [0.2, 0.25) is 19.6 Å². The van der Waals surface area contributed by atoms with Gasteiger partial charge in [-0.15, -0.1) is 53.6 Å². The number of fused-ring (bicyclic) bond motifs is 6. The molecule has 0 saturated heterocycles. The summed E-state index contributed by atoms with van der Waals surface area (Å²) in [6.45, 7) is 22.4. The molecule has 0 aliphatic heterocycles. The van der Waals surface area contributed by atoms with Gasteiger partial charge in [0.15, 0.2) is 0 Å². The second-order valence-electron chi connectivity index (χ2n) is 21.1. The SMILES string of the molecule is C[Si](C)(C)c1cnc(-c2[c-]cccc2)cc1CC1CCCC1.Cc1ccc2ccc3nc(-c4[c-]cc(C)c5c4oc4nc(-c6c(C)cccc6C)ccc45)n(-c4ccc(C(C)(C)C)cc4)c3c2n1.[Ir]. The van der Waals surface area contributed by atoms with Crippen molar-refractivity contribution < 1.29 is 24.5 Å². The van der Waals surface area contributed by atoms with Crippen LogP contribution in [0.25, 0.3) is 83.6 Å². The van der Waals surface area contributed by atoms with Gasteiger partial charge in [-0.25, -0.2) is 4.98 Å². The zero-order valence-electron chi connectivity index (χ0n) is 41.6. The van der Waals surface area contributed by atoms with E-state index < -0.39 is 8.07 Å². The smallest absolute Gasteiger partial charge is 0.216 e. The third-order valence-electron chi connectivity index (χ3n) is 13.9. The summed E-state index contributed by atoms with van der Waals surface area (Å²) < 4.78 is 8.93. The van der Waals surface area contributed by atoms with Crippen molar-refractivity contribution in [2.45, 2.75) is 106 Å². The first-order valence-electron chi connectivity index (χ1n) is 24.3. The van der Waals surface area contributed by atoms with E-state index in [4.69, 9.17) is 24.4 Å². The third kappa shape index (κ3) is 9.39. The molecule has 0 amide bonds. The average Bonchev–Trinajstić information content (AvgIpc) is 4.07. The van der Waals surface area contributed by atoms with Crippen molar-refractivity contribution in [2.24, 2.45) is 5.92 Å². The number of pyridine rings is 3. The summed E-state index contributed by atoms with van der Waals surface area (Å²) in [4.78, 5) is 20.1. The molecular weight excluding hydrogens is 1040 g/mol. The number of furan rings is 1. The number of rotatable bonds is 7. The van der Waals surface area contributed by atoms with Crippen molar-refractivity contribution in [1.29, 1.82) is 0 Å². The molecule has 1 saturated carbocycles. The summed E-state index contributed by atoms with van der Waals surface area (Å²) >= 11 is 0. The summed E-state index contributed by atoms with van der Waals surface area (Å²) in [7, 11) is -1.35. The van der Waals surface area contributed by atoms with Gasteiger partial charge in [0.2, 0.25) is 5.71 Å². The quantitative estimate of drug-likeness (QED) is 0.117. The zero-order valence-corrected chi connectivity index (χ0v) is 45.0. The molecule has 0 spiro atoms. The van der Waals surface area contributed by atoms with Crippen LogP contribution in [0.3, 0.4) is 0 Å². The summed E-state index contributed by atoms with van der Waals surface area (Å²) in [5, 5.41) is 4.63. The number of hydrogen-bond acceptors (Lipinski definition) is 5. The average molecular weight is 1100 g/mol. The molecule has 351 valence electrons. The molecule has 6 nitrogen and oxygen atoms in total. The summed E-state index contributed by atoms with van der Waals surface area (Å²) in [5.41, 5.74) is 17.4. The second kappa shape index (κ2) is 19.0. The second-order valence-corrected chi connectivity index (χ2v) is 26.1. The Hall–Kier alpha value is -6.05. The van der Waals surface area contributed by atoms with Crippen LogP contribution < -0.4 is 5.19 Å². The molecule has 5 aromatic heterocycles. The summed E-state index contributed by atoms with van der Waals surface area (Å²) in [6, 6.07) is 47.2. The van der Waals surface area contributed by atoms with E-state index >= 15 is 0 Å². The fourth-order valence-electron chi connectivity index (χ4n) is 10.3. The van der Waals surface area contributed by atoms with E-state index in [1.807, 2.05) is 25.1 Å². The van der Waals surface area contributed by atoms with Crippen LogP contribution in [0, 0.1) is 45.7 Å². The van der Waals surface area contributed by atoms with Gasteiger partial charge in [0.25, 0.3) is 0 Å². The van der Waals surface area contributed by atoms with Crippen molar-refractivity contribution in [3.63, 3.8) is 0 Å². The molecule has 1 radical (unpaired) electrons. The van der Waals surface area contributed by atoms with Crippen LogP contribution in [0.5, 0.6) is 0 Å². The van der Waals surface area contributed by atoms with E-state index in [1.165, 1.54) is 48.8 Å². The molecule has 8 heteroatoms. The fourth-order valence-corrected chi connectivity index (χ4v) is 11.9. The Morgan fingerprint density at radius 2 is 1.49 bits per heavy atom. The van der Waals surface area contributed by atoms with Crippen LogP contribution in [0.4, 0.5) is 0 Å². The maximum atomic E-state index is 6.71. The molecule has 11 rings (SSSR count). The van der Waals surface area contributed by atoms with Crippen LogP contribution in [-0.2, 0) is 31.9 Å². The molecule has 0 N–H and O–H groups in total. The molecular formula is C61H61IrN5OSi-2. The van der Waals surface area contributed by atoms with Gasteiger partial charge < -0.3 is 14.0 Å². The van der Waals surface area contributed by atoms with Crippen molar-refractivity contribution in [1.82, 2.24) is 24.5 Å². The third-order valence-corrected chi connectivity index (χ3v) is 16.0. The summed E-state index contributed by atoms with van der Waals surface area (Å²) in [6.07, 6.45) is 9.03. The first kappa shape index (κ1) is 48.0. The van der Waals surface area contributed by atoms with E-state index in [0.717, 1.165) is 95.1 Å². The molecule has 69 heavy (non-hydrogen) atoms. The number of hydrogen-bond donors (Lipinski definition) is 0. The Labute approximate surface area is 422 Å². The topological polar surface area (TPSA) is 69.6 Å². The van der Waals surface area contributed by atoms with E-state index in [-0.39, 0.29) is 25.5 Å². The molecule has 1 aliphatic rings. The van der Waals surface area contributed by atoms with Crippen LogP contribution in [-0.4, -0.2) is 32.6 Å². The van der Waals surface area contributed by atoms with Gasteiger partial charge in [-0.1, -0.05) is 138 Å². The minimum atomic E-state index is -1.35. The number of nitrogens with zero attached hydrogens (tertiary/aromatic N) is 5. The van der Waals surface area contributed by atoms with Crippen molar-refractivity contribution in [2.75, 3.05) is 0 Å². The van der Waals surface area contributed by atoms with Gasteiger partial charge in [0.1, 0.15) is 0 Å². The monoisotopic (exact) mass is 1100 g/mol. The molecule has 1 fully saturated rings. The largest absolute Gasteiger partial charge is 0.486 e. The predicted molar refractivity (Wildman–Crippen MR) is 286 cm³/mol. The standard InChI is InChI=1S/C41H35N4O.C20H26NSi.Ir/c1-23-9-8-10-24(2)34(23)32-22-20-30-35-25(3)11-19-31(38(35)46-40(30)44-32)39-43-33-21-14-27-13-12-26(4)42-36(27)37(33)45(39)29-17-15-28(16-18-29)41(5,6)7;1-22(2,3)20-15-21-19(17-11-5-4-6-12-17)14-18(20)13-16-9-7-8-10-16;/h8-18,20-22H,1-7H3;4-6,11,14-16H,7-10,13H2,1-3H3;/q2*-1;. The Morgan fingerprint density at radius 3 is 2.19 bits per heavy atom. The van der Waals surface area contributed by atoms with Gasteiger partial charge >= 0.3 is 0 Å².